The number of anilines is 1. The van der Waals surface area contributed by atoms with Gasteiger partial charge in [-0.05, 0) is 36.5 Å². The fourth-order valence-corrected chi connectivity index (χ4v) is 5.19. The van der Waals surface area contributed by atoms with Crippen LogP contribution in [0.2, 0.25) is 0 Å². The molecule has 0 unspecified atom stereocenters. The van der Waals surface area contributed by atoms with Gasteiger partial charge in [-0.3, -0.25) is 0 Å². The zero-order valence-corrected chi connectivity index (χ0v) is 22.7. The average molecular weight is 513 g/mol. The first-order chi connectivity index (χ1) is 18.1. The second-order valence-corrected chi connectivity index (χ2v) is 10.4. The van der Waals surface area contributed by atoms with Crippen molar-refractivity contribution in [2.45, 2.75) is 51.2 Å². The zero-order chi connectivity index (χ0) is 26.0. The lowest BCUT2D eigenvalue weighted by atomic mass is 10.0. The molecule has 0 fully saturated rings. The minimum Gasteiger partial charge on any atom is -0.338 e. The molecule has 0 radical (unpaired) electrons. The molecule has 2 N–H and O–H groups in total. The number of hydrogen-bond donors (Lipinski definition) is 2. The number of urea groups is 1. The molecule has 0 saturated carbocycles. The maximum Gasteiger partial charge on any atom is 0.319 e. The van der Waals surface area contributed by atoms with Crippen LogP contribution in [-0.2, 0) is 6.54 Å². The third-order valence-electron chi connectivity index (χ3n) is 6.15. The summed E-state index contributed by atoms with van der Waals surface area (Å²) in [5, 5.41) is 6.91. The molecule has 0 aliphatic rings. The molecule has 4 aromatic rings. The van der Waals surface area contributed by atoms with Crippen LogP contribution in [-0.4, -0.2) is 27.9 Å². The quantitative estimate of drug-likeness (QED) is 0.158. The van der Waals surface area contributed by atoms with Gasteiger partial charge in [0.05, 0.1) is 11.4 Å². The van der Waals surface area contributed by atoms with Crippen LogP contribution in [0.3, 0.4) is 0 Å². The zero-order valence-electron chi connectivity index (χ0n) is 21.9. The van der Waals surface area contributed by atoms with E-state index in [1.165, 1.54) is 11.1 Å². The highest BCUT2D eigenvalue weighted by molar-refractivity contribution is 7.99. The number of nitrogens with one attached hydrogen (secondary N) is 2. The van der Waals surface area contributed by atoms with Crippen molar-refractivity contribution in [3.8, 4) is 22.5 Å². The van der Waals surface area contributed by atoms with Gasteiger partial charge in [0.15, 0.2) is 5.16 Å². The molecule has 1 heterocycles. The van der Waals surface area contributed by atoms with Gasteiger partial charge in [0.2, 0.25) is 0 Å². The summed E-state index contributed by atoms with van der Waals surface area (Å²) in [4.78, 5) is 17.4. The van der Waals surface area contributed by atoms with E-state index in [1.54, 1.807) is 11.8 Å². The first kappa shape index (κ1) is 26.6. The minimum atomic E-state index is -0.174. The average Bonchev–Trinajstić information content (AvgIpc) is 3.28. The summed E-state index contributed by atoms with van der Waals surface area (Å²) >= 11 is 1.75. The van der Waals surface area contributed by atoms with E-state index < -0.39 is 0 Å². The minimum absolute atomic E-state index is 0.174. The Kier molecular flexibility index (Phi) is 9.44. The second kappa shape index (κ2) is 13.2. The van der Waals surface area contributed by atoms with E-state index in [-0.39, 0.29) is 6.03 Å². The maximum absolute atomic E-state index is 12.3. The predicted octanol–water partition coefficient (Wildman–Crippen LogP) is 8.05. The lowest BCUT2D eigenvalue weighted by molar-refractivity contribution is 0.252. The number of rotatable bonds is 11. The van der Waals surface area contributed by atoms with Gasteiger partial charge >= 0.3 is 6.03 Å². The van der Waals surface area contributed by atoms with Crippen molar-refractivity contribution in [2.75, 3.05) is 17.6 Å². The van der Waals surface area contributed by atoms with Crippen molar-refractivity contribution in [3.05, 3.63) is 90.5 Å². The standard InChI is InChI=1S/C31H36N4OS/c1-4-21-35-29(26-14-9-6-10-15-26)28(25-12-7-5-8-13-25)34-31(35)37-22-11-20-32-30(36)33-27-18-16-24(17-19-27)23(2)3/h5-10,12-19,23H,4,11,20-22H2,1-3H3,(H2,32,33,36). The Morgan fingerprint density at radius 1 is 0.919 bits per heavy atom. The predicted molar refractivity (Wildman–Crippen MR) is 156 cm³/mol. The number of aromatic nitrogens is 2. The molecular formula is C31H36N4OS. The molecule has 0 bridgehead atoms. The Bertz CT molecular complexity index is 1270. The molecule has 0 spiro atoms. The lowest BCUT2D eigenvalue weighted by Gasteiger charge is -2.12. The summed E-state index contributed by atoms with van der Waals surface area (Å²) in [6.45, 7) is 8.03. The van der Waals surface area contributed by atoms with Gasteiger partial charge in [0, 0.05) is 35.7 Å². The summed E-state index contributed by atoms with van der Waals surface area (Å²) in [5.74, 6) is 1.34. The van der Waals surface area contributed by atoms with Crippen LogP contribution >= 0.6 is 11.8 Å². The molecule has 0 aliphatic heterocycles. The normalized spacial score (nSPS) is 11.0. The highest BCUT2D eigenvalue weighted by Crippen LogP contribution is 2.36. The Morgan fingerprint density at radius 3 is 2.19 bits per heavy atom. The molecule has 0 aliphatic carbocycles. The number of thioether (sulfide) groups is 1. The molecule has 0 saturated heterocycles. The first-order valence-electron chi connectivity index (χ1n) is 13.1. The summed E-state index contributed by atoms with van der Waals surface area (Å²) in [5.41, 5.74) is 6.54. The van der Waals surface area contributed by atoms with Gasteiger partial charge in [-0.2, -0.15) is 0 Å². The van der Waals surface area contributed by atoms with E-state index in [1.807, 2.05) is 24.3 Å². The first-order valence-corrected chi connectivity index (χ1v) is 14.0. The maximum atomic E-state index is 12.3. The summed E-state index contributed by atoms with van der Waals surface area (Å²) < 4.78 is 2.35. The number of benzene rings is 3. The van der Waals surface area contributed by atoms with Crippen LogP contribution in [0.4, 0.5) is 10.5 Å². The second-order valence-electron chi connectivity index (χ2n) is 9.33. The smallest absolute Gasteiger partial charge is 0.319 e. The van der Waals surface area contributed by atoms with Gasteiger partial charge in [0.25, 0.3) is 0 Å². The van der Waals surface area contributed by atoms with Crippen molar-refractivity contribution in [1.82, 2.24) is 14.9 Å². The molecule has 192 valence electrons. The van der Waals surface area contributed by atoms with E-state index in [0.717, 1.165) is 52.9 Å². The third-order valence-corrected chi connectivity index (χ3v) is 7.21. The molecule has 1 aromatic heterocycles. The highest BCUT2D eigenvalue weighted by atomic mass is 32.2. The van der Waals surface area contributed by atoms with E-state index >= 15 is 0 Å². The van der Waals surface area contributed by atoms with E-state index in [4.69, 9.17) is 4.98 Å². The van der Waals surface area contributed by atoms with Crippen molar-refractivity contribution in [1.29, 1.82) is 0 Å². The van der Waals surface area contributed by atoms with Crippen LogP contribution in [0, 0.1) is 0 Å². The van der Waals surface area contributed by atoms with Crippen molar-refractivity contribution in [2.24, 2.45) is 0 Å². The Labute approximate surface area is 224 Å². The number of carbonyl (C=O) groups is 1. The topological polar surface area (TPSA) is 59.0 Å². The van der Waals surface area contributed by atoms with Gasteiger partial charge in [0.1, 0.15) is 0 Å². The molecule has 4 rings (SSSR count). The SMILES string of the molecule is CCCn1c(SCCCNC(=O)Nc2ccc(C(C)C)cc2)nc(-c2ccccc2)c1-c1ccccc1. The van der Waals surface area contributed by atoms with Crippen LogP contribution < -0.4 is 10.6 Å². The molecular weight excluding hydrogens is 476 g/mol. The number of hydrogen-bond acceptors (Lipinski definition) is 3. The number of amides is 2. The Hall–Kier alpha value is -3.51. The third kappa shape index (κ3) is 7.04. The molecule has 5 nitrogen and oxygen atoms in total. The van der Waals surface area contributed by atoms with E-state index in [9.17, 15) is 4.79 Å². The Morgan fingerprint density at radius 2 is 1.57 bits per heavy atom. The van der Waals surface area contributed by atoms with Gasteiger partial charge in [-0.15, -0.1) is 0 Å². The Balaban J connectivity index is 1.39. The molecule has 37 heavy (non-hydrogen) atoms. The van der Waals surface area contributed by atoms with Crippen molar-refractivity contribution in [3.63, 3.8) is 0 Å². The molecule has 3 aromatic carbocycles. The summed E-state index contributed by atoms with van der Waals surface area (Å²) in [6, 6.07) is 28.8. The van der Waals surface area contributed by atoms with Crippen molar-refractivity contribution >= 4 is 23.5 Å². The fourth-order valence-electron chi connectivity index (χ4n) is 4.22. The molecule has 2 amide bonds. The van der Waals surface area contributed by atoms with Gasteiger partial charge in [-0.1, -0.05) is 105 Å². The van der Waals surface area contributed by atoms with E-state index in [0.29, 0.717) is 12.5 Å². The molecule has 0 atom stereocenters. The number of nitrogens with zero attached hydrogens (tertiary/aromatic N) is 2. The van der Waals surface area contributed by atoms with Gasteiger partial charge in [-0.25, -0.2) is 9.78 Å². The lowest BCUT2D eigenvalue weighted by Crippen LogP contribution is -2.29. The van der Waals surface area contributed by atoms with Crippen LogP contribution in [0.1, 0.15) is 45.1 Å². The van der Waals surface area contributed by atoms with Gasteiger partial charge < -0.3 is 15.2 Å². The van der Waals surface area contributed by atoms with Crippen LogP contribution in [0.15, 0.2) is 90.1 Å². The van der Waals surface area contributed by atoms with Crippen LogP contribution in [0.25, 0.3) is 22.5 Å². The number of carbonyl (C=O) groups excluding carboxylic acids is 1. The summed E-state index contributed by atoms with van der Waals surface area (Å²) in [7, 11) is 0. The summed E-state index contributed by atoms with van der Waals surface area (Å²) in [6.07, 6.45) is 1.88. The fraction of sp³-hybridized carbons (Fsp3) is 0.290. The van der Waals surface area contributed by atoms with Crippen LogP contribution in [0.5, 0.6) is 0 Å². The van der Waals surface area contributed by atoms with E-state index in [2.05, 4.69) is 96.6 Å². The monoisotopic (exact) mass is 512 g/mol. The largest absolute Gasteiger partial charge is 0.338 e. The number of imidazole rings is 1. The van der Waals surface area contributed by atoms with Crippen molar-refractivity contribution < 1.29 is 4.79 Å². The highest BCUT2D eigenvalue weighted by Gasteiger charge is 2.19. The molecule has 6 heteroatoms.